The molecule has 0 saturated carbocycles. The molecule has 118 valence electrons. The van der Waals surface area contributed by atoms with Gasteiger partial charge in [0, 0.05) is 11.8 Å². The summed E-state index contributed by atoms with van der Waals surface area (Å²) < 4.78 is 5.10. The van der Waals surface area contributed by atoms with Crippen molar-refractivity contribution in [2.45, 2.75) is 5.16 Å². The van der Waals surface area contributed by atoms with Crippen LogP contribution in [-0.2, 0) is 4.79 Å². The Kier molecular flexibility index (Phi) is 4.29. The average molecular weight is 331 g/mol. The number of nitrogens with zero attached hydrogens (tertiary/aromatic N) is 2. The first-order valence-corrected chi connectivity index (χ1v) is 7.64. The highest BCUT2D eigenvalue weighted by Crippen LogP contribution is 2.18. The monoisotopic (exact) mass is 331 g/mol. The Bertz CT molecular complexity index is 905. The van der Waals surface area contributed by atoms with Gasteiger partial charge >= 0.3 is 0 Å². The van der Waals surface area contributed by atoms with E-state index in [9.17, 15) is 9.59 Å². The smallest absolute Gasteiger partial charge is 0.277 e. The van der Waals surface area contributed by atoms with Crippen LogP contribution in [0.5, 0.6) is 5.75 Å². The van der Waals surface area contributed by atoms with Gasteiger partial charge < -0.3 is 15.0 Å². The lowest BCUT2D eigenvalue weighted by atomic mass is 10.3. The Hall–Kier alpha value is -2.81. The third-order valence-corrected chi connectivity index (χ3v) is 3.84. The molecule has 2 aromatic heterocycles. The Morgan fingerprint density at radius 3 is 3.13 bits per heavy atom. The SMILES string of the molecule is COc1cccc(NC(=O)CSc2nc3nc[nH]c3c(=O)[nH]2)c1. The molecule has 3 rings (SSSR count). The molecule has 23 heavy (non-hydrogen) atoms. The van der Waals surface area contributed by atoms with E-state index in [2.05, 4.69) is 25.3 Å². The van der Waals surface area contributed by atoms with Crippen molar-refractivity contribution in [1.82, 2.24) is 19.9 Å². The Balaban J connectivity index is 1.64. The first-order valence-electron chi connectivity index (χ1n) is 6.66. The Morgan fingerprint density at radius 1 is 1.43 bits per heavy atom. The molecule has 0 aliphatic heterocycles. The number of carbonyl (C=O) groups excluding carboxylic acids is 1. The van der Waals surface area contributed by atoms with Crippen molar-refractivity contribution < 1.29 is 9.53 Å². The van der Waals surface area contributed by atoms with E-state index >= 15 is 0 Å². The molecule has 1 amide bonds. The van der Waals surface area contributed by atoms with Crippen LogP contribution < -0.4 is 15.6 Å². The lowest BCUT2D eigenvalue weighted by molar-refractivity contribution is -0.113. The number of ether oxygens (including phenoxy) is 1. The third-order valence-electron chi connectivity index (χ3n) is 2.97. The molecule has 0 fully saturated rings. The van der Waals surface area contributed by atoms with Crippen molar-refractivity contribution in [3.05, 3.63) is 40.9 Å². The lowest BCUT2D eigenvalue weighted by Gasteiger charge is -2.06. The van der Waals surface area contributed by atoms with Crippen LogP contribution in [0.1, 0.15) is 0 Å². The maximum Gasteiger partial charge on any atom is 0.277 e. The highest BCUT2D eigenvalue weighted by atomic mass is 32.2. The largest absolute Gasteiger partial charge is 0.497 e. The summed E-state index contributed by atoms with van der Waals surface area (Å²) >= 11 is 1.13. The Labute approximate surface area is 134 Å². The number of amides is 1. The van der Waals surface area contributed by atoms with Crippen molar-refractivity contribution in [3.8, 4) is 5.75 Å². The van der Waals surface area contributed by atoms with E-state index in [-0.39, 0.29) is 17.2 Å². The van der Waals surface area contributed by atoms with Crippen LogP contribution in [0.15, 0.2) is 40.5 Å². The van der Waals surface area contributed by atoms with Gasteiger partial charge in [-0.1, -0.05) is 17.8 Å². The molecule has 0 unspecified atom stereocenters. The molecule has 0 saturated heterocycles. The van der Waals surface area contributed by atoms with Gasteiger partial charge in [-0.3, -0.25) is 14.6 Å². The standard InChI is InChI=1S/C14H13N5O3S/c1-22-9-4-2-3-8(5-9)17-10(20)6-23-14-18-12-11(13(21)19-14)15-7-16-12/h2-5,7H,6H2,1H3,(H,17,20)(H2,15,16,18,19,21). The van der Waals surface area contributed by atoms with E-state index < -0.39 is 0 Å². The van der Waals surface area contributed by atoms with E-state index in [0.717, 1.165) is 11.8 Å². The van der Waals surface area contributed by atoms with Crippen molar-refractivity contribution in [2.75, 3.05) is 18.2 Å². The van der Waals surface area contributed by atoms with Crippen LogP contribution in [0.3, 0.4) is 0 Å². The van der Waals surface area contributed by atoms with Crippen molar-refractivity contribution in [2.24, 2.45) is 0 Å². The van der Waals surface area contributed by atoms with Gasteiger partial charge in [0.2, 0.25) is 5.91 Å². The minimum atomic E-state index is -0.316. The zero-order valence-electron chi connectivity index (χ0n) is 12.1. The summed E-state index contributed by atoms with van der Waals surface area (Å²) in [7, 11) is 1.56. The molecule has 0 radical (unpaired) electrons. The van der Waals surface area contributed by atoms with E-state index in [1.165, 1.54) is 6.33 Å². The number of rotatable bonds is 5. The molecule has 3 aromatic rings. The van der Waals surface area contributed by atoms with Gasteiger partial charge in [-0.2, -0.15) is 0 Å². The number of nitrogens with one attached hydrogen (secondary N) is 3. The fourth-order valence-electron chi connectivity index (χ4n) is 1.92. The molecular weight excluding hydrogens is 318 g/mol. The number of H-pyrrole nitrogens is 2. The van der Waals surface area contributed by atoms with Crippen LogP contribution in [0.4, 0.5) is 5.69 Å². The van der Waals surface area contributed by atoms with E-state index in [0.29, 0.717) is 27.8 Å². The average Bonchev–Trinajstić information content (AvgIpc) is 3.02. The number of carbonyl (C=O) groups is 1. The van der Waals surface area contributed by atoms with Crippen molar-refractivity contribution in [3.63, 3.8) is 0 Å². The van der Waals surface area contributed by atoms with E-state index in [1.54, 1.807) is 31.4 Å². The van der Waals surface area contributed by atoms with Crippen LogP contribution in [-0.4, -0.2) is 38.7 Å². The minimum absolute atomic E-state index is 0.107. The summed E-state index contributed by atoms with van der Waals surface area (Å²) in [6.45, 7) is 0. The maximum absolute atomic E-state index is 12.0. The zero-order chi connectivity index (χ0) is 16.2. The third kappa shape index (κ3) is 3.51. The number of fused-ring (bicyclic) bond motifs is 1. The van der Waals surface area contributed by atoms with Crippen LogP contribution in [0, 0.1) is 0 Å². The highest BCUT2D eigenvalue weighted by molar-refractivity contribution is 7.99. The zero-order valence-corrected chi connectivity index (χ0v) is 12.9. The molecule has 9 heteroatoms. The molecule has 0 aliphatic rings. The first kappa shape index (κ1) is 15.1. The molecule has 0 bridgehead atoms. The number of imidazole rings is 1. The number of hydrogen-bond acceptors (Lipinski definition) is 6. The highest BCUT2D eigenvalue weighted by Gasteiger charge is 2.09. The first-order chi connectivity index (χ1) is 11.2. The van der Waals surface area contributed by atoms with E-state index in [4.69, 9.17) is 4.74 Å². The molecule has 3 N–H and O–H groups in total. The number of thioether (sulfide) groups is 1. The predicted molar refractivity (Wildman–Crippen MR) is 86.9 cm³/mol. The van der Waals surface area contributed by atoms with Crippen molar-refractivity contribution in [1.29, 1.82) is 0 Å². The molecular formula is C14H13N5O3S. The van der Waals surface area contributed by atoms with Gasteiger partial charge in [-0.25, -0.2) is 9.97 Å². The van der Waals surface area contributed by atoms with Gasteiger partial charge in [0.15, 0.2) is 16.3 Å². The number of anilines is 1. The number of hydrogen-bond donors (Lipinski definition) is 3. The maximum atomic E-state index is 12.0. The molecule has 0 aliphatic carbocycles. The topological polar surface area (TPSA) is 113 Å². The summed E-state index contributed by atoms with van der Waals surface area (Å²) in [5.41, 5.74) is 0.960. The quantitative estimate of drug-likeness (QED) is 0.481. The summed E-state index contributed by atoms with van der Waals surface area (Å²) in [6.07, 6.45) is 1.40. The lowest BCUT2D eigenvalue weighted by Crippen LogP contribution is -2.15. The van der Waals surface area contributed by atoms with Gasteiger partial charge in [0.05, 0.1) is 19.2 Å². The molecule has 0 atom stereocenters. The molecule has 8 nitrogen and oxygen atoms in total. The second-order valence-electron chi connectivity index (χ2n) is 4.54. The van der Waals surface area contributed by atoms with Crippen molar-refractivity contribution >= 4 is 34.5 Å². The van der Waals surface area contributed by atoms with Crippen LogP contribution in [0.2, 0.25) is 0 Å². The summed E-state index contributed by atoms with van der Waals surface area (Å²) in [4.78, 5) is 37.2. The van der Waals surface area contributed by atoms with Gasteiger partial charge in [-0.05, 0) is 12.1 Å². The van der Waals surface area contributed by atoms with Crippen LogP contribution in [0.25, 0.3) is 11.2 Å². The predicted octanol–water partition coefficient (Wildman–Crippen LogP) is 1.39. The van der Waals surface area contributed by atoms with Crippen LogP contribution >= 0.6 is 11.8 Å². The summed E-state index contributed by atoms with van der Waals surface area (Å²) in [5, 5.41) is 3.10. The Morgan fingerprint density at radius 2 is 2.30 bits per heavy atom. The molecule has 0 spiro atoms. The molecule has 1 aromatic carbocycles. The van der Waals surface area contributed by atoms with Gasteiger partial charge in [0.25, 0.3) is 5.56 Å². The van der Waals surface area contributed by atoms with E-state index in [1.807, 2.05) is 0 Å². The summed E-state index contributed by atoms with van der Waals surface area (Å²) in [5.74, 6) is 0.550. The number of aromatic nitrogens is 4. The van der Waals surface area contributed by atoms with Gasteiger partial charge in [-0.15, -0.1) is 0 Å². The summed E-state index contributed by atoms with van der Waals surface area (Å²) in [6, 6.07) is 7.06. The number of methoxy groups -OCH3 is 1. The minimum Gasteiger partial charge on any atom is -0.497 e. The normalized spacial score (nSPS) is 10.7. The fourth-order valence-corrected chi connectivity index (χ4v) is 2.58. The van der Waals surface area contributed by atoms with Gasteiger partial charge in [0.1, 0.15) is 5.75 Å². The number of benzene rings is 1. The number of aromatic amines is 2. The fraction of sp³-hybridized carbons (Fsp3) is 0.143. The molecule has 2 heterocycles. The second kappa shape index (κ2) is 6.53. The second-order valence-corrected chi connectivity index (χ2v) is 5.51.